The van der Waals surface area contributed by atoms with Crippen molar-refractivity contribution < 1.29 is 4.74 Å². The second-order valence-electron chi connectivity index (χ2n) is 6.89. The highest BCUT2D eigenvalue weighted by Crippen LogP contribution is 2.22. The van der Waals surface area contributed by atoms with Crippen molar-refractivity contribution in [2.45, 2.75) is 32.2 Å². The van der Waals surface area contributed by atoms with Crippen LogP contribution in [-0.4, -0.2) is 30.6 Å². The van der Waals surface area contributed by atoms with Crippen molar-refractivity contribution in [1.82, 2.24) is 4.90 Å². The molecule has 0 saturated carbocycles. The van der Waals surface area contributed by atoms with Crippen LogP contribution in [-0.2, 0) is 6.42 Å². The van der Waals surface area contributed by atoms with Gasteiger partial charge in [-0.25, -0.2) is 0 Å². The van der Waals surface area contributed by atoms with E-state index in [4.69, 9.17) is 10.00 Å². The first-order valence-electron chi connectivity index (χ1n) is 9.14. The minimum atomic E-state index is 0.226. The van der Waals surface area contributed by atoms with Gasteiger partial charge in [-0.05, 0) is 56.0 Å². The smallest absolute Gasteiger partial charge is 0.119 e. The summed E-state index contributed by atoms with van der Waals surface area (Å²) in [6, 6.07) is 21.8. The van der Waals surface area contributed by atoms with Crippen LogP contribution in [0.5, 0.6) is 5.75 Å². The summed E-state index contributed by atoms with van der Waals surface area (Å²) in [5.74, 6) is 1.15. The molecule has 2 aromatic carbocycles. The largest absolute Gasteiger partial charge is 0.492 e. The number of rotatable bonds is 6. The Bertz CT molecular complexity index is 690. The second kappa shape index (κ2) is 8.69. The summed E-state index contributed by atoms with van der Waals surface area (Å²) in [7, 11) is 0. The molecule has 25 heavy (non-hydrogen) atoms. The molecule has 130 valence electrons. The Kier molecular flexibility index (Phi) is 6.09. The first kappa shape index (κ1) is 17.5. The third kappa shape index (κ3) is 5.08. The monoisotopic (exact) mass is 334 g/mol. The molecule has 0 aromatic heterocycles. The molecule has 2 atom stereocenters. The number of nitrogens with zero attached hydrogens (tertiary/aromatic N) is 2. The minimum absolute atomic E-state index is 0.226. The fourth-order valence-corrected chi connectivity index (χ4v) is 3.49. The van der Waals surface area contributed by atoms with E-state index in [2.05, 4.69) is 66.4 Å². The maximum Gasteiger partial charge on any atom is 0.119 e. The van der Waals surface area contributed by atoms with Gasteiger partial charge in [-0.1, -0.05) is 42.5 Å². The van der Waals surface area contributed by atoms with Crippen molar-refractivity contribution in [3.8, 4) is 11.8 Å². The Morgan fingerprint density at radius 1 is 1.08 bits per heavy atom. The van der Waals surface area contributed by atoms with E-state index in [1.54, 1.807) is 0 Å². The molecule has 3 nitrogen and oxygen atoms in total. The zero-order chi connectivity index (χ0) is 17.5. The third-order valence-electron chi connectivity index (χ3n) is 5.02. The summed E-state index contributed by atoms with van der Waals surface area (Å²) >= 11 is 0. The summed E-state index contributed by atoms with van der Waals surface area (Å²) in [4.78, 5) is 2.43. The summed E-state index contributed by atoms with van der Waals surface area (Å²) in [5, 5.41) is 9.04. The Morgan fingerprint density at radius 2 is 1.80 bits per heavy atom. The number of piperidine rings is 1. The zero-order valence-corrected chi connectivity index (χ0v) is 14.9. The molecule has 0 aliphatic carbocycles. The van der Waals surface area contributed by atoms with Crippen LogP contribution in [0.25, 0.3) is 0 Å². The maximum absolute atomic E-state index is 9.04. The fraction of sp³-hybridized carbons (Fsp3) is 0.409. The topological polar surface area (TPSA) is 36.3 Å². The van der Waals surface area contributed by atoms with Gasteiger partial charge in [-0.2, -0.15) is 5.26 Å². The van der Waals surface area contributed by atoms with Crippen LogP contribution in [0.3, 0.4) is 0 Å². The van der Waals surface area contributed by atoms with E-state index in [0.29, 0.717) is 12.6 Å². The number of benzene rings is 2. The van der Waals surface area contributed by atoms with E-state index in [9.17, 15) is 0 Å². The second-order valence-corrected chi connectivity index (χ2v) is 6.89. The van der Waals surface area contributed by atoms with Crippen molar-refractivity contribution in [2.75, 3.05) is 19.7 Å². The molecule has 2 unspecified atom stereocenters. The molecule has 1 aliphatic rings. The summed E-state index contributed by atoms with van der Waals surface area (Å²) in [6.07, 6.45) is 2.91. The number of hydrogen-bond donors (Lipinski definition) is 0. The van der Waals surface area contributed by atoms with E-state index in [-0.39, 0.29) is 5.92 Å². The lowest BCUT2D eigenvalue weighted by Crippen LogP contribution is -2.42. The lowest BCUT2D eigenvalue weighted by Gasteiger charge is -2.35. The van der Waals surface area contributed by atoms with E-state index < -0.39 is 0 Å². The predicted molar refractivity (Wildman–Crippen MR) is 101 cm³/mol. The highest BCUT2D eigenvalue weighted by molar-refractivity contribution is 5.31. The molecule has 0 spiro atoms. The number of likely N-dealkylation sites (tertiary alicyclic amines) is 1. The van der Waals surface area contributed by atoms with Crippen LogP contribution in [0, 0.1) is 17.2 Å². The summed E-state index contributed by atoms with van der Waals surface area (Å²) in [6.45, 7) is 4.82. The normalized spacial score (nSPS) is 20.8. The van der Waals surface area contributed by atoms with Crippen molar-refractivity contribution in [3.63, 3.8) is 0 Å². The average molecular weight is 334 g/mol. The van der Waals surface area contributed by atoms with Crippen LogP contribution in [0.1, 0.15) is 30.9 Å². The van der Waals surface area contributed by atoms with Crippen LogP contribution < -0.4 is 4.74 Å². The highest BCUT2D eigenvalue weighted by atomic mass is 16.5. The maximum atomic E-state index is 9.04. The Hall–Kier alpha value is -2.31. The molecular weight excluding hydrogens is 308 g/mol. The average Bonchev–Trinajstić information content (AvgIpc) is 2.65. The van der Waals surface area contributed by atoms with Gasteiger partial charge in [-0.3, -0.25) is 4.90 Å². The molecule has 1 aliphatic heterocycles. The van der Waals surface area contributed by atoms with E-state index >= 15 is 0 Å². The molecule has 3 rings (SSSR count). The Morgan fingerprint density at radius 3 is 2.48 bits per heavy atom. The van der Waals surface area contributed by atoms with Gasteiger partial charge in [0.1, 0.15) is 12.4 Å². The molecule has 0 radical (unpaired) electrons. The van der Waals surface area contributed by atoms with Gasteiger partial charge in [0.05, 0.1) is 6.07 Å². The minimum Gasteiger partial charge on any atom is -0.492 e. The van der Waals surface area contributed by atoms with Gasteiger partial charge in [0, 0.05) is 18.5 Å². The molecule has 0 amide bonds. The van der Waals surface area contributed by atoms with Gasteiger partial charge in [-0.15, -0.1) is 0 Å². The fourth-order valence-electron chi connectivity index (χ4n) is 3.49. The standard InChI is InChI=1S/C22H26N2O/c1-18-15-21(17-23)11-12-24(18)13-14-25-22-9-7-20(8-10-22)16-19-5-3-2-4-6-19/h2-10,18,21H,11-16H2,1H3. The van der Waals surface area contributed by atoms with Gasteiger partial charge >= 0.3 is 0 Å². The Labute approximate surface area is 150 Å². The van der Waals surface area contributed by atoms with Crippen molar-refractivity contribution in [1.29, 1.82) is 5.26 Å². The van der Waals surface area contributed by atoms with Crippen LogP contribution in [0.15, 0.2) is 54.6 Å². The lowest BCUT2D eigenvalue weighted by atomic mass is 9.93. The number of hydrogen-bond acceptors (Lipinski definition) is 3. The van der Waals surface area contributed by atoms with E-state index in [1.807, 2.05) is 6.07 Å². The molecule has 2 aromatic rings. The molecule has 1 saturated heterocycles. The number of ether oxygens (including phenoxy) is 1. The Balaban J connectivity index is 1.44. The predicted octanol–water partition coefficient (Wildman–Crippen LogP) is 4.28. The highest BCUT2D eigenvalue weighted by Gasteiger charge is 2.24. The zero-order valence-electron chi connectivity index (χ0n) is 14.9. The van der Waals surface area contributed by atoms with E-state index in [0.717, 1.165) is 38.1 Å². The van der Waals surface area contributed by atoms with Crippen molar-refractivity contribution in [3.05, 3.63) is 65.7 Å². The van der Waals surface area contributed by atoms with Gasteiger partial charge in [0.2, 0.25) is 0 Å². The van der Waals surface area contributed by atoms with Gasteiger partial charge in [0.25, 0.3) is 0 Å². The lowest BCUT2D eigenvalue weighted by molar-refractivity contribution is 0.118. The number of nitriles is 1. The summed E-state index contributed by atoms with van der Waals surface area (Å²) in [5.41, 5.74) is 2.62. The van der Waals surface area contributed by atoms with Gasteiger partial charge in [0.15, 0.2) is 0 Å². The first-order chi connectivity index (χ1) is 12.2. The molecule has 3 heteroatoms. The van der Waals surface area contributed by atoms with E-state index in [1.165, 1.54) is 11.1 Å². The SMILES string of the molecule is CC1CC(C#N)CCN1CCOc1ccc(Cc2ccccc2)cc1. The van der Waals surface area contributed by atoms with Crippen molar-refractivity contribution >= 4 is 0 Å². The van der Waals surface area contributed by atoms with Gasteiger partial charge < -0.3 is 4.74 Å². The quantitative estimate of drug-likeness (QED) is 0.791. The molecule has 1 heterocycles. The van der Waals surface area contributed by atoms with Crippen LogP contribution in [0.4, 0.5) is 0 Å². The summed E-state index contributed by atoms with van der Waals surface area (Å²) < 4.78 is 5.91. The molecule has 0 bridgehead atoms. The molecular formula is C22H26N2O. The first-order valence-corrected chi connectivity index (χ1v) is 9.14. The van der Waals surface area contributed by atoms with Crippen LogP contribution >= 0.6 is 0 Å². The molecule has 1 fully saturated rings. The van der Waals surface area contributed by atoms with Crippen LogP contribution in [0.2, 0.25) is 0 Å². The third-order valence-corrected chi connectivity index (χ3v) is 5.02. The molecule has 0 N–H and O–H groups in total. The van der Waals surface area contributed by atoms with Crippen molar-refractivity contribution in [2.24, 2.45) is 5.92 Å².